The number of thioether (sulfide) groups is 1. The number of aryl methyl sites for hydroxylation is 2. The highest BCUT2D eigenvalue weighted by atomic mass is 35.5. The minimum atomic E-state index is -0.406. The van der Waals surface area contributed by atoms with Crippen LogP contribution in [-0.4, -0.2) is 37.8 Å². The van der Waals surface area contributed by atoms with E-state index in [9.17, 15) is 9.18 Å². The van der Waals surface area contributed by atoms with Gasteiger partial charge >= 0.3 is 0 Å². The van der Waals surface area contributed by atoms with Gasteiger partial charge in [-0.3, -0.25) is 4.79 Å². The number of para-hydroxylation sites is 2. The van der Waals surface area contributed by atoms with Crippen LogP contribution in [0.5, 0.6) is 5.75 Å². The molecule has 1 amide bonds. The zero-order valence-corrected chi connectivity index (χ0v) is 21.4. The van der Waals surface area contributed by atoms with Gasteiger partial charge in [0.25, 0.3) is 5.78 Å². The number of hydrogen-bond donors (Lipinski definition) is 1. The predicted octanol–water partition coefficient (Wildman–Crippen LogP) is 5.64. The SMILES string of the molecule is CCC(Sc1nc2nc(C)c(Cc3ccc(F)cc3Cl)c(C)n2n1)C(=O)Nc1ccccc1OC. The van der Waals surface area contributed by atoms with Gasteiger partial charge in [-0.1, -0.05) is 48.5 Å². The molecule has 0 fully saturated rings. The number of halogens is 2. The maximum absolute atomic E-state index is 13.4. The van der Waals surface area contributed by atoms with E-state index < -0.39 is 5.25 Å². The van der Waals surface area contributed by atoms with Crippen LogP contribution in [-0.2, 0) is 11.2 Å². The molecule has 0 bridgehead atoms. The van der Waals surface area contributed by atoms with Gasteiger partial charge in [-0.05, 0) is 55.7 Å². The highest BCUT2D eigenvalue weighted by molar-refractivity contribution is 8.00. The molecule has 4 rings (SSSR count). The van der Waals surface area contributed by atoms with Gasteiger partial charge in [0.1, 0.15) is 11.6 Å². The molecule has 182 valence electrons. The third-order valence-electron chi connectivity index (χ3n) is 5.69. The number of fused-ring (bicyclic) bond motifs is 1. The van der Waals surface area contributed by atoms with Crippen LogP contribution in [0.4, 0.5) is 10.1 Å². The summed E-state index contributed by atoms with van der Waals surface area (Å²) < 4.78 is 20.4. The van der Waals surface area contributed by atoms with E-state index in [-0.39, 0.29) is 11.7 Å². The number of nitrogens with one attached hydrogen (secondary N) is 1. The zero-order chi connectivity index (χ0) is 25.1. The van der Waals surface area contributed by atoms with E-state index in [1.54, 1.807) is 29.8 Å². The molecular formula is C25H25ClFN5O2S. The molecule has 0 saturated carbocycles. The molecule has 2 aromatic heterocycles. The highest BCUT2D eigenvalue weighted by Gasteiger charge is 2.23. The summed E-state index contributed by atoms with van der Waals surface area (Å²) in [6.45, 7) is 5.77. The fraction of sp³-hybridized carbons (Fsp3) is 0.280. The summed E-state index contributed by atoms with van der Waals surface area (Å²) in [5.74, 6) is 0.513. The van der Waals surface area contributed by atoms with Crippen molar-refractivity contribution in [3.63, 3.8) is 0 Å². The van der Waals surface area contributed by atoms with Gasteiger partial charge in [0, 0.05) is 22.8 Å². The number of ether oxygens (including phenoxy) is 1. The molecule has 0 aliphatic carbocycles. The molecule has 1 unspecified atom stereocenters. The molecule has 0 aliphatic heterocycles. The average Bonchev–Trinajstić information content (AvgIpc) is 3.24. The van der Waals surface area contributed by atoms with Crippen molar-refractivity contribution in [2.75, 3.05) is 12.4 Å². The molecule has 1 N–H and O–H groups in total. The maximum Gasteiger partial charge on any atom is 0.253 e. The summed E-state index contributed by atoms with van der Waals surface area (Å²) in [5, 5.41) is 7.96. The molecule has 0 radical (unpaired) electrons. The van der Waals surface area contributed by atoms with Gasteiger partial charge in [-0.25, -0.2) is 13.9 Å². The topological polar surface area (TPSA) is 81.4 Å². The Balaban J connectivity index is 1.58. The van der Waals surface area contributed by atoms with Crippen molar-refractivity contribution in [3.05, 3.63) is 75.8 Å². The monoisotopic (exact) mass is 513 g/mol. The second-order valence-electron chi connectivity index (χ2n) is 7.98. The van der Waals surface area contributed by atoms with E-state index in [2.05, 4.69) is 20.4 Å². The van der Waals surface area contributed by atoms with Crippen molar-refractivity contribution in [2.45, 2.75) is 44.0 Å². The van der Waals surface area contributed by atoms with Crippen LogP contribution in [0.2, 0.25) is 5.02 Å². The lowest BCUT2D eigenvalue weighted by molar-refractivity contribution is -0.115. The third kappa shape index (κ3) is 5.41. The van der Waals surface area contributed by atoms with E-state index in [0.29, 0.717) is 40.2 Å². The maximum atomic E-state index is 13.4. The summed E-state index contributed by atoms with van der Waals surface area (Å²) in [5.41, 5.74) is 4.00. The van der Waals surface area contributed by atoms with Gasteiger partial charge in [0.15, 0.2) is 0 Å². The third-order valence-corrected chi connectivity index (χ3v) is 7.26. The first-order valence-electron chi connectivity index (χ1n) is 11.1. The second kappa shape index (κ2) is 10.6. The summed E-state index contributed by atoms with van der Waals surface area (Å²) in [6.07, 6.45) is 1.07. The molecule has 2 heterocycles. The van der Waals surface area contributed by atoms with Crippen LogP contribution in [0.15, 0.2) is 47.6 Å². The number of hydrogen-bond acceptors (Lipinski definition) is 6. The van der Waals surface area contributed by atoms with E-state index in [1.807, 2.05) is 32.9 Å². The van der Waals surface area contributed by atoms with E-state index in [4.69, 9.17) is 16.3 Å². The summed E-state index contributed by atoms with van der Waals surface area (Å²) in [6, 6.07) is 11.6. The van der Waals surface area contributed by atoms with Gasteiger partial charge in [0.05, 0.1) is 18.0 Å². The minimum absolute atomic E-state index is 0.159. The molecule has 10 heteroatoms. The average molecular weight is 514 g/mol. The number of carbonyl (C=O) groups is 1. The second-order valence-corrected chi connectivity index (χ2v) is 9.56. The number of aromatic nitrogens is 4. The number of nitrogens with zero attached hydrogens (tertiary/aromatic N) is 4. The van der Waals surface area contributed by atoms with Crippen LogP contribution >= 0.6 is 23.4 Å². The number of benzene rings is 2. The fourth-order valence-corrected chi connectivity index (χ4v) is 4.85. The van der Waals surface area contributed by atoms with Crippen LogP contribution in [0.25, 0.3) is 5.78 Å². The zero-order valence-electron chi connectivity index (χ0n) is 19.8. The Labute approximate surface area is 212 Å². The van der Waals surface area contributed by atoms with Crippen LogP contribution in [0.3, 0.4) is 0 Å². The van der Waals surface area contributed by atoms with E-state index in [0.717, 1.165) is 22.5 Å². The van der Waals surface area contributed by atoms with Crippen LogP contribution in [0.1, 0.15) is 35.9 Å². The molecule has 0 spiro atoms. The standard InChI is InChI=1S/C25H25ClFN5O2S/c1-5-22(23(33)29-20-8-6-7-9-21(20)34-4)35-25-30-24-28-14(2)18(15(3)32(24)31-25)12-16-10-11-17(27)13-19(16)26/h6-11,13,22H,5,12H2,1-4H3,(H,29,33). The number of rotatable bonds is 8. The number of anilines is 1. The van der Waals surface area contributed by atoms with Crippen LogP contribution < -0.4 is 10.1 Å². The number of amides is 1. The van der Waals surface area contributed by atoms with Crippen molar-refractivity contribution >= 4 is 40.7 Å². The molecule has 4 aromatic rings. The molecule has 0 saturated heterocycles. The van der Waals surface area contributed by atoms with Crippen molar-refractivity contribution in [2.24, 2.45) is 0 Å². The Bertz CT molecular complexity index is 1390. The molecule has 2 aromatic carbocycles. The largest absolute Gasteiger partial charge is 0.495 e. The Kier molecular flexibility index (Phi) is 7.57. The number of methoxy groups -OCH3 is 1. The summed E-state index contributed by atoms with van der Waals surface area (Å²) in [7, 11) is 1.56. The summed E-state index contributed by atoms with van der Waals surface area (Å²) in [4.78, 5) is 22.1. The lowest BCUT2D eigenvalue weighted by Gasteiger charge is -2.14. The molecule has 7 nitrogen and oxygen atoms in total. The van der Waals surface area contributed by atoms with Crippen molar-refractivity contribution in [3.8, 4) is 5.75 Å². The Hall–Kier alpha value is -3.17. The lowest BCUT2D eigenvalue weighted by atomic mass is 10.0. The van der Waals surface area contributed by atoms with Gasteiger partial charge in [-0.15, -0.1) is 5.10 Å². The van der Waals surface area contributed by atoms with E-state index >= 15 is 0 Å². The lowest BCUT2D eigenvalue weighted by Crippen LogP contribution is -2.25. The Morgan fingerprint density at radius 2 is 2.00 bits per heavy atom. The first-order chi connectivity index (χ1) is 16.8. The molecular weight excluding hydrogens is 489 g/mol. The quantitative estimate of drug-likeness (QED) is 0.307. The molecule has 0 aliphatic rings. The van der Waals surface area contributed by atoms with Gasteiger partial charge < -0.3 is 10.1 Å². The van der Waals surface area contributed by atoms with Crippen LogP contribution in [0, 0.1) is 19.7 Å². The Morgan fingerprint density at radius 3 is 2.71 bits per heavy atom. The minimum Gasteiger partial charge on any atom is -0.495 e. The number of carbonyl (C=O) groups excluding carboxylic acids is 1. The van der Waals surface area contributed by atoms with E-state index in [1.165, 1.54) is 23.9 Å². The van der Waals surface area contributed by atoms with Gasteiger partial charge in [0.2, 0.25) is 11.1 Å². The molecule has 1 atom stereocenters. The van der Waals surface area contributed by atoms with Crippen molar-refractivity contribution in [1.29, 1.82) is 0 Å². The predicted molar refractivity (Wildman–Crippen MR) is 136 cm³/mol. The molecule has 35 heavy (non-hydrogen) atoms. The summed E-state index contributed by atoms with van der Waals surface area (Å²) >= 11 is 7.53. The fourth-order valence-electron chi connectivity index (χ4n) is 3.76. The van der Waals surface area contributed by atoms with Crippen molar-refractivity contribution < 1.29 is 13.9 Å². The Morgan fingerprint density at radius 1 is 1.23 bits per heavy atom. The first kappa shape index (κ1) is 24.9. The normalized spacial score (nSPS) is 12.1. The van der Waals surface area contributed by atoms with Crippen molar-refractivity contribution in [1.82, 2.24) is 19.6 Å². The first-order valence-corrected chi connectivity index (χ1v) is 12.3. The van der Waals surface area contributed by atoms with Gasteiger partial charge in [-0.2, -0.15) is 4.98 Å². The smallest absolute Gasteiger partial charge is 0.253 e. The highest BCUT2D eigenvalue weighted by Crippen LogP contribution is 2.29.